The molecule has 0 aliphatic rings. The summed E-state index contributed by atoms with van der Waals surface area (Å²) in [5.41, 5.74) is 3.91. The molecule has 0 spiro atoms. The molecule has 7 heteroatoms. The van der Waals surface area contributed by atoms with Crippen molar-refractivity contribution in [2.75, 3.05) is 5.32 Å². The predicted molar refractivity (Wildman–Crippen MR) is 108 cm³/mol. The summed E-state index contributed by atoms with van der Waals surface area (Å²) in [6.45, 7) is 1.88. The highest BCUT2D eigenvalue weighted by Gasteiger charge is 2.15. The van der Waals surface area contributed by atoms with Gasteiger partial charge in [0.1, 0.15) is 0 Å². The second-order valence-corrected chi connectivity index (χ2v) is 6.92. The quantitative estimate of drug-likeness (QED) is 0.531. The molecule has 2 heterocycles. The fourth-order valence-corrected chi connectivity index (χ4v) is 3.22. The maximum absolute atomic E-state index is 12.7. The minimum atomic E-state index is -0.191. The lowest BCUT2D eigenvalue weighted by Gasteiger charge is -2.08. The standard InChI is InChI=1S/C20H16BrN5O/c1-14-19(12-23-26(14)18-4-2-3-15(21)11-18)20(27)24-16-5-7-17(8-6-16)25-10-9-22-13-25/h2-13H,1H3,(H,24,27). The first-order valence-electron chi connectivity index (χ1n) is 8.32. The zero-order valence-electron chi connectivity index (χ0n) is 14.5. The molecule has 0 aliphatic carbocycles. The van der Waals surface area contributed by atoms with Crippen LogP contribution in [-0.2, 0) is 0 Å². The summed E-state index contributed by atoms with van der Waals surface area (Å²) >= 11 is 3.46. The monoisotopic (exact) mass is 421 g/mol. The van der Waals surface area contributed by atoms with Gasteiger partial charge in [0, 0.05) is 28.2 Å². The number of rotatable bonds is 4. The van der Waals surface area contributed by atoms with Crippen LogP contribution in [0.25, 0.3) is 11.4 Å². The number of halogens is 1. The van der Waals surface area contributed by atoms with E-state index < -0.39 is 0 Å². The molecule has 0 fully saturated rings. The Bertz CT molecular complexity index is 1080. The fourth-order valence-electron chi connectivity index (χ4n) is 2.83. The minimum absolute atomic E-state index is 0.191. The summed E-state index contributed by atoms with van der Waals surface area (Å²) in [5, 5.41) is 7.28. The number of hydrogen-bond donors (Lipinski definition) is 1. The maximum Gasteiger partial charge on any atom is 0.259 e. The van der Waals surface area contributed by atoms with Crippen molar-refractivity contribution < 1.29 is 4.79 Å². The highest BCUT2D eigenvalue weighted by atomic mass is 79.9. The van der Waals surface area contributed by atoms with Crippen molar-refractivity contribution in [3.8, 4) is 11.4 Å². The zero-order chi connectivity index (χ0) is 18.8. The van der Waals surface area contributed by atoms with E-state index >= 15 is 0 Å². The zero-order valence-corrected chi connectivity index (χ0v) is 16.1. The number of benzene rings is 2. The molecule has 134 valence electrons. The molecule has 0 unspecified atom stereocenters. The van der Waals surface area contributed by atoms with Crippen LogP contribution in [0.1, 0.15) is 16.1 Å². The number of nitrogens with one attached hydrogen (secondary N) is 1. The Morgan fingerprint density at radius 1 is 1.11 bits per heavy atom. The van der Waals surface area contributed by atoms with Crippen molar-refractivity contribution in [2.45, 2.75) is 6.92 Å². The van der Waals surface area contributed by atoms with Gasteiger partial charge in [-0.15, -0.1) is 0 Å². The summed E-state index contributed by atoms with van der Waals surface area (Å²) in [6, 6.07) is 15.4. The van der Waals surface area contributed by atoms with E-state index in [9.17, 15) is 4.79 Å². The van der Waals surface area contributed by atoms with E-state index in [1.54, 1.807) is 23.4 Å². The first kappa shape index (κ1) is 17.2. The molecule has 2 aromatic heterocycles. The molecular formula is C20H16BrN5O. The number of nitrogens with zero attached hydrogens (tertiary/aromatic N) is 4. The Morgan fingerprint density at radius 2 is 1.93 bits per heavy atom. The van der Waals surface area contributed by atoms with Crippen LogP contribution in [0.3, 0.4) is 0 Å². The average molecular weight is 422 g/mol. The molecule has 4 aromatic rings. The molecule has 2 aromatic carbocycles. The smallest absolute Gasteiger partial charge is 0.259 e. The number of carbonyl (C=O) groups is 1. The van der Waals surface area contributed by atoms with Gasteiger partial charge in [0.25, 0.3) is 5.91 Å². The lowest BCUT2D eigenvalue weighted by molar-refractivity contribution is 0.102. The molecule has 27 heavy (non-hydrogen) atoms. The van der Waals surface area contributed by atoms with Crippen LogP contribution in [0, 0.1) is 6.92 Å². The van der Waals surface area contributed by atoms with Crippen LogP contribution >= 0.6 is 15.9 Å². The number of aromatic nitrogens is 4. The number of anilines is 1. The van der Waals surface area contributed by atoms with Crippen LogP contribution < -0.4 is 5.32 Å². The van der Waals surface area contributed by atoms with Crippen molar-refractivity contribution in [1.82, 2.24) is 19.3 Å². The van der Waals surface area contributed by atoms with E-state index in [2.05, 4.69) is 31.3 Å². The molecule has 0 atom stereocenters. The molecule has 4 rings (SSSR count). The number of carbonyl (C=O) groups excluding carboxylic acids is 1. The highest BCUT2D eigenvalue weighted by Crippen LogP contribution is 2.20. The summed E-state index contributed by atoms with van der Waals surface area (Å²) in [4.78, 5) is 16.7. The van der Waals surface area contributed by atoms with Crippen LogP contribution in [0.2, 0.25) is 0 Å². The molecule has 0 bridgehead atoms. The topological polar surface area (TPSA) is 64.7 Å². The van der Waals surface area contributed by atoms with Gasteiger partial charge in [0.2, 0.25) is 0 Å². The summed E-state index contributed by atoms with van der Waals surface area (Å²) in [6.07, 6.45) is 6.91. The van der Waals surface area contributed by atoms with Crippen molar-refractivity contribution >= 4 is 27.5 Å². The maximum atomic E-state index is 12.7. The molecule has 0 radical (unpaired) electrons. The molecule has 1 amide bonds. The normalized spacial score (nSPS) is 10.7. The SMILES string of the molecule is Cc1c(C(=O)Nc2ccc(-n3ccnc3)cc2)cnn1-c1cccc(Br)c1. The van der Waals surface area contributed by atoms with Crippen LogP contribution in [-0.4, -0.2) is 25.2 Å². The summed E-state index contributed by atoms with van der Waals surface area (Å²) in [7, 11) is 0. The Labute approximate surface area is 164 Å². The van der Waals surface area contributed by atoms with Gasteiger partial charge in [0.05, 0.1) is 29.5 Å². The molecule has 1 N–H and O–H groups in total. The second kappa shape index (κ2) is 7.20. The van der Waals surface area contributed by atoms with Gasteiger partial charge in [-0.3, -0.25) is 4.79 Å². The minimum Gasteiger partial charge on any atom is -0.322 e. The lowest BCUT2D eigenvalue weighted by atomic mass is 10.2. The van der Waals surface area contributed by atoms with Gasteiger partial charge >= 0.3 is 0 Å². The van der Waals surface area contributed by atoms with Gasteiger partial charge in [-0.25, -0.2) is 9.67 Å². The summed E-state index contributed by atoms with van der Waals surface area (Å²) < 4.78 is 4.61. The number of amides is 1. The molecule has 0 saturated carbocycles. The van der Waals surface area contributed by atoms with Crippen LogP contribution in [0.5, 0.6) is 0 Å². The third-order valence-electron chi connectivity index (χ3n) is 4.23. The predicted octanol–water partition coefficient (Wildman–Crippen LogP) is 4.38. The molecule has 0 saturated heterocycles. The first-order valence-corrected chi connectivity index (χ1v) is 9.11. The van der Waals surface area contributed by atoms with E-state index in [-0.39, 0.29) is 5.91 Å². The molecular weight excluding hydrogens is 406 g/mol. The van der Waals surface area contributed by atoms with Gasteiger partial charge < -0.3 is 9.88 Å². The molecule has 6 nitrogen and oxygen atoms in total. The first-order chi connectivity index (χ1) is 13.1. The second-order valence-electron chi connectivity index (χ2n) is 6.01. The summed E-state index contributed by atoms with van der Waals surface area (Å²) in [5.74, 6) is -0.191. The van der Waals surface area contributed by atoms with Gasteiger partial charge in [0.15, 0.2) is 0 Å². The largest absolute Gasteiger partial charge is 0.322 e. The fraction of sp³-hybridized carbons (Fsp3) is 0.0500. The Morgan fingerprint density at radius 3 is 2.63 bits per heavy atom. The van der Waals surface area contributed by atoms with Gasteiger partial charge in [-0.2, -0.15) is 5.10 Å². The van der Waals surface area contributed by atoms with E-state index in [0.717, 1.165) is 27.2 Å². The van der Waals surface area contributed by atoms with Crippen LogP contribution in [0.4, 0.5) is 5.69 Å². The Kier molecular flexibility index (Phi) is 4.60. The van der Waals surface area contributed by atoms with E-state index in [1.807, 2.05) is 66.2 Å². The molecule has 0 aliphatic heterocycles. The third-order valence-corrected chi connectivity index (χ3v) is 4.73. The highest BCUT2D eigenvalue weighted by molar-refractivity contribution is 9.10. The number of hydrogen-bond acceptors (Lipinski definition) is 3. The van der Waals surface area contributed by atoms with Crippen LogP contribution in [0.15, 0.2) is 77.9 Å². The van der Waals surface area contributed by atoms with Gasteiger partial charge in [-0.05, 0) is 49.4 Å². The van der Waals surface area contributed by atoms with E-state index in [1.165, 1.54) is 0 Å². The Balaban J connectivity index is 1.54. The van der Waals surface area contributed by atoms with Crippen molar-refractivity contribution in [3.05, 3.63) is 89.2 Å². The number of imidazole rings is 1. The Hall–Kier alpha value is -3.19. The van der Waals surface area contributed by atoms with Crippen molar-refractivity contribution in [1.29, 1.82) is 0 Å². The van der Waals surface area contributed by atoms with Crippen molar-refractivity contribution in [3.63, 3.8) is 0 Å². The lowest BCUT2D eigenvalue weighted by Crippen LogP contribution is -2.13. The van der Waals surface area contributed by atoms with Gasteiger partial charge in [-0.1, -0.05) is 22.0 Å². The van der Waals surface area contributed by atoms with Crippen molar-refractivity contribution in [2.24, 2.45) is 0 Å². The average Bonchev–Trinajstić information content (AvgIpc) is 3.32. The third kappa shape index (κ3) is 3.54. The van der Waals surface area contributed by atoms with E-state index in [0.29, 0.717) is 5.56 Å². The van der Waals surface area contributed by atoms with E-state index in [4.69, 9.17) is 0 Å².